The lowest BCUT2D eigenvalue weighted by atomic mass is 10.0. The molecule has 0 unspecified atom stereocenters. The minimum absolute atomic E-state index is 0.0129. The molecule has 2 amide bonds. The first-order valence-corrected chi connectivity index (χ1v) is 14.4. The van der Waals surface area contributed by atoms with Crippen LogP contribution in [0.3, 0.4) is 0 Å². The van der Waals surface area contributed by atoms with Crippen LogP contribution in [0.25, 0.3) is 0 Å². The van der Waals surface area contributed by atoms with Crippen molar-refractivity contribution in [3.05, 3.63) is 47.5 Å². The summed E-state index contributed by atoms with van der Waals surface area (Å²) in [5.41, 5.74) is 3.09. The average Bonchev–Trinajstić information content (AvgIpc) is 2.91. The number of carbonyl (C=O) groups excluding carboxylic acids is 2. The number of aryl methyl sites for hydroxylation is 2. The number of hydrogen-bond acceptors (Lipinski definition) is 5. The van der Waals surface area contributed by atoms with Crippen molar-refractivity contribution in [3.63, 3.8) is 0 Å². The fourth-order valence-electron chi connectivity index (χ4n) is 4.60. The summed E-state index contributed by atoms with van der Waals surface area (Å²) in [4.78, 5) is 28.6. The predicted molar refractivity (Wildman–Crippen MR) is 140 cm³/mol. The number of para-hydroxylation sites is 1. The van der Waals surface area contributed by atoms with Gasteiger partial charge in [-0.05, 0) is 61.9 Å². The molecular weight excluding hydrogens is 482 g/mol. The van der Waals surface area contributed by atoms with Crippen LogP contribution in [0.5, 0.6) is 0 Å². The fraction of sp³-hybridized carbons (Fsp3) is 0.462. The molecule has 9 heteroatoms. The molecule has 4 rings (SSSR count). The van der Waals surface area contributed by atoms with Crippen molar-refractivity contribution in [2.45, 2.75) is 62.0 Å². The van der Waals surface area contributed by atoms with E-state index in [1.807, 2.05) is 39.0 Å². The maximum atomic E-state index is 13.4. The Morgan fingerprint density at radius 3 is 2.40 bits per heavy atom. The summed E-state index contributed by atoms with van der Waals surface area (Å²) in [5.74, 6) is -0.00354. The van der Waals surface area contributed by atoms with E-state index in [-0.39, 0.29) is 34.9 Å². The monoisotopic (exact) mass is 515 g/mol. The minimum Gasteiger partial charge on any atom is -0.324 e. The largest absolute Gasteiger partial charge is 0.324 e. The zero-order valence-electron chi connectivity index (χ0n) is 20.7. The van der Waals surface area contributed by atoms with E-state index in [0.717, 1.165) is 34.6 Å². The smallest absolute Gasteiger partial charge is 0.244 e. The molecule has 0 aliphatic carbocycles. The second kappa shape index (κ2) is 10.3. The summed E-state index contributed by atoms with van der Waals surface area (Å²) in [6.45, 7) is 8.75. The van der Waals surface area contributed by atoms with Gasteiger partial charge in [0.2, 0.25) is 21.8 Å². The van der Waals surface area contributed by atoms with E-state index in [1.54, 1.807) is 18.2 Å². The van der Waals surface area contributed by atoms with Gasteiger partial charge in [0.25, 0.3) is 0 Å². The molecule has 0 spiro atoms. The Labute approximate surface area is 212 Å². The summed E-state index contributed by atoms with van der Waals surface area (Å²) in [7, 11) is -3.69. The predicted octanol–water partition coefficient (Wildman–Crippen LogP) is 4.58. The average molecular weight is 516 g/mol. The van der Waals surface area contributed by atoms with Crippen LogP contribution in [0, 0.1) is 19.8 Å². The summed E-state index contributed by atoms with van der Waals surface area (Å²) >= 11 is 1.53. The Hall–Kier alpha value is -2.36. The number of benzene rings is 2. The second-order valence-electron chi connectivity index (χ2n) is 9.64. The van der Waals surface area contributed by atoms with E-state index in [9.17, 15) is 18.0 Å². The number of nitrogens with zero attached hydrogens (tertiary/aromatic N) is 2. The number of piperidine rings is 1. The van der Waals surface area contributed by atoms with Gasteiger partial charge in [0.05, 0.1) is 10.6 Å². The van der Waals surface area contributed by atoms with Gasteiger partial charge in [-0.2, -0.15) is 4.31 Å². The van der Waals surface area contributed by atoms with Crippen molar-refractivity contribution in [1.82, 2.24) is 4.31 Å². The van der Waals surface area contributed by atoms with Crippen molar-refractivity contribution in [2.24, 2.45) is 5.92 Å². The highest BCUT2D eigenvalue weighted by molar-refractivity contribution is 8.00. The maximum Gasteiger partial charge on any atom is 0.244 e. The first kappa shape index (κ1) is 25.7. The number of hydrogen-bond donors (Lipinski definition) is 1. The lowest BCUT2D eigenvalue weighted by Crippen LogP contribution is -2.39. The first-order valence-electron chi connectivity index (χ1n) is 12.0. The molecule has 7 nitrogen and oxygen atoms in total. The first-order chi connectivity index (χ1) is 16.6. The molecule has 0 aromatic heterocycles. The number of anilines is 2. The Morgan fingerprint density at radius 1 is 1.09 bits per heavy atom. The van der Waals surface area contributed by atoms with Crippen LogP contribution in [0.4, 0.5) is 11.4 Å². The fourth-order valence-corrected chi connectivity index (χ4v) is 7.19. The van der Waals surface area contributed by atoms with Gasteiger partial charge in [-0.1, -0.05) is 32.0 Å². The van der Waals surface area contributed by atoms with Crippen LogP contribution in [-0.2, 0) is 19.6 Å². The highest BCUT2D eigenvalue weighted by Gasteiger charge is 2.32. The number of thioether (sulfide) groups is 1. The number of rotatable bonds is 5. The molecule has 2 aromatic rings. The van der Waals surface area contributed by atoms with Crippen LogP contribution in [-0.4, -0.2) is 49.4 Å². The van der Waals surface area contributed by atoms with Crippen LogP contribution in [0.2, 0.25) is 0 Å². The molecule has 0 saturated carbocycles. The number of carbonyl (C=O) groups is 2. The molecule has 188 valence electrons. The molecule has 0 radical (unpaired) electrons. The van der Waals surface area contributed by atoms with Gasteiger partial charge in [0.15, 0.2) is 0 Å². The van der Waals surface area contributed by atoms with E-state index >= 15 is 0 Å². The maximum absolute atomic E-state index is 13.4. The minimum atomic E-state index is -3.69. The lowest BCUT2D eigenvalue weighted by Gasteiger charge is -2.30. The Morgan fingerprint density at radius 2 is 1.74 bits per heavy atom. The van der Waals surface area contributed by atoms with E-state index in [2.05, 4.69) is 12.2 Å². The van der Waals surface area contributed by atoms with Gasteiger partial charge in [0.1, 0.15) is 6.54 Å². The molecule has 2 aliphatic heterocycles. The quantitative estimate of drug-likeness (QED) is 0.630. The molecule has 2 heterocycles. The van der Waals surface area contributed by atoms with Crippen molar-refractivity contribution in [2.75, 3.05) is 29.9 Å². The Kier molecular flexibility index (Phi) is 7.59. The molecule has 1 saturated heterocycles. The van der Waals surface area contributed by atoms with Crippen molar-refractivity contribution < 1.29 is 18.0 Å². The summed E-state index contributed by atoms with van der Waals surface area (Å²) in [6.07, 6.45) is 1.93. The highest BCUT2D eigenvalue weighted by Crippen LogP contribution is 2.40. The SMILES string of the molecule is Cc1cccc(C)c1NC(=O)CN1C(=O)C[C@H](C)Sc2ccc(S(=O)(=O)N3CCC(C)CC3)cc21. The highest BCUT2D eigenvalue weighted by atomic mass is 32.2. The summed E-state index contributed by atoms with van der Waals surface area (Å²) in [6, 6.07) is 10.7. The molecule has 35 heavy (non-hydrogen) atoms. The number of amides is 2. The number of nitrogens with one attached hydrogen (secondary N) is 1. The van der Waals surface area contributed by atoms with Gasteiger partial charge in [-0.25, -0.2) is 8.42 Å². The van der Waals surface area contributed by atoms with Crippen LogP contribution in [0.15, 0.2) is 46.2 Å². The van der Waals surface area contributed by atoms with E-state index < -0.39 is 10.0 Å². The van der Waals surface area contributed by atoms with Crippen molar-refractivity contribution in [1.29, 1.82) is 0 Å². The van der Waals surface area contributed by atoms with Crippen LogP contribution in [0.1, 0.15) is 44.2 Å². The normalized spacial score (nSPS) is 19.8. The van der Waals surface area contributed by atoms with E-state index in [1.165, 1.54) is 21.0 Å². The zero-order valence-corrected chi connectivity index (χ0v) is 22.3. The lowest BCUT2D eigenvalue weighted by molar-refractivity contribution is -0.121. The van der Waals surface area contributed by atoms with Gasteiger partial charge in [-0.3, -0.25) is 9.59 Å². The Bertz CT molecular complexity index is 1220. The molecule has 2 aliphatic rings. The molecule has 0 bridgehead atoms. The summed E-state index contributed by atoms with van der Waals surface area (Å²) < 4.78 is 28.3. The number of fused-ring (bicyclic) bond motifs is 1. The standard InChI is InChI=1S/C26H33N3O4S2/c1-17-10-12-28(13-11-17)35(32,33)21-8-9-23-22(15-21)29(25(31)14-20(4)34-23)16-24(30)27-26-18(2)6-5-7-19(26)3/h5-9,15,17,20H,10-14,16H2,1-4H3,(H,27,30)/t20-/m0/s1. The van der Waals surface area contributed by atoms with Gasteiger partial charge in [0, 0.05) is 35.3 Å². The van der Waals surface area contributed by atoms with E-state index in [4.69, 9.17) is 0 Å². The third-order valence-electron chi connectivity index (χ3n) is 6.74. The summed E-state index contributed by atoms with van der Waals surface area (Å²) in [5, 5.41) is 2.96. The van der Waals surface area contributed by atoms with Crippen LogP contribution >= 0.6 is 11.8 Å². The Balaban J connectivity index is 1.65. The molecule has 1 N–H and O–H groups in total. The molecule has 1 atom stereocenters. The zero-order chi connectivity index (χ0) is 25.3. The van der Waals surface area contributed by atoms with E-state index in [0.29, 0.717) is 24.7 Å². The third kappa shape index (κ3) is 5.57. The van der Waals surface area contributed by atoms with Crippen LogP contribution < -0.4 is 10.2 Å². The molecular formula is C26H33N3O4S2. The molecule has 2 aromatic carbocycles. The van der Waals surface area contributed by atoms with Gasteiger partial charge < -0.3 is 10.2 Å². The number of sulfonamides is 1. The topological polar surface area (TPSA) is 86.8 Å². The van der Waals surface area contributed by atoms with Crippen molar-refractivity contribution >= 4 is 45.0 Å². The second-order valence-corrected chi connectivity index (χ2v) is 13.1. The third-order valence-corrected chi connectivity index (χ3v) is 9.80. The molecule has 1 fully saturated rings. The van der Waals surface area contributed by atoms with Gasteiger partial charge in [-0.15, -0.1) is 11.8 Å². The van der Waals surface area contributed by atoms with Gasteiger partial charge >= 0.3 is 0 Å². The van der Waals surface area contributed by atoms with Crippen molar-refractivity contribution in [3.8, 4) is 0 Å².